The standard InChI is InChI=1S/C11H14ClFN2O2S/c1-8-7-15(5-4-14-8)18(16,17)9-2-3-11(13)10(12)6-9/h2-3,6,8,14H,4-5,7H2,1H3. The van der Waals surface area contributed by atoms with Crippen molar-refractivity contribution < 1.29 is 12.8 Å². The molecule has 1 fully saturated rings. The number of benzene rings is 1. The maximum atomic E-state index is 13.0. The summed E-state index contributed by atoms with van der Waals surface area (Å²) in [6.45, 7) is 3.33. The van der Waals surface area contributed by atoms with Crippen molar-refractivity contribution in [3.05, 3.63) is 29.0 Å². The molecule has 1 heterocycles. The van der Waals surface area contributed by atoms with Gasteiger partial charge in [-0.25, -0.2) is 12.8 Å². The first kappa shape index (κ1) is 13.7. The smallest absolute Gasteiger partial charge is 0.243 e. The molecule has 1 saturated heterocycles. The lowest BCUT2D eigenvalue weighted by molar-refractivity contribution is 0.310. The van der Waals surface area contributed by atoms with E-state index in [4.69, 9.17) is 11.6 Å². The van der Waals surface area contributed by atoms with Crippen molar-refractivity contribution in [3.8, 4) is 0 Å². The molecular formula is C11H14ClFN2O2S. The molecule has 0 spiro atoms. The van der Waals surface area contributed by atoms with Gasteiger partial charge in [0.05, 0.1) is 9.92 Å². The molecule has 2 rings (SSSR count). The Morgan fingerprint density at radius 3 is 2.83 bits per heavy atom. The zero-order valence-electron chi connectivity index (χ0n) is 9.86. The van der Waals surface area contributed by atoms with Crippen molar-refractivity contribution in [2.75, 3.05) is 19.6 Å². The second kappa shape index (κ2) is 5.13. The van der Waals surface area contributed by atoms with E-state index in [0.29, 0.717) is 19.6 Å². The number of rotatable bonds is 2. The largest absolute Gasteiger partial charge is 0.312 e. The lowest BCUT2D eigenvalue weighted by atomic mass is 10.3. The summed E-state index contributed by atoms with van der Waals surface area (Å²) in [5, 5.41) is 2.98. The molecule has 0 radical (unpaired) electrons. The summed E-state index contributed by atoms with van der Waals surface area (Å²) in [5.41, 5.74) is 0. The Kier molecular flexibility index (Phi) is 3.91. The Morgan fingerprint density at radius 2 is 2.22 bits per heavy atom. The highest BCUT2D eigenvalue weighted by molar-refractivity contribution is 7.89. The molecule has 1 atom stereocenters. The van der Waals surface area contributed by atoms with E-state index < -0.39 is 15.8 Å². The highest BCUT2D eigenvalue weighted by Gasteiger charge is 2.28. The van der Waals surface area contributed by atoms with Crippen molar-refractivity contribution in [2.45, 2.75) is 17.9 Å². The molecule has 4 nitrogen and oxygen atoms in total. The van der Waals surface area contributed by atoms with Crippen LogP contribution in [0.2, 0.25) is 5.02 Å². The number of hydrogen-bond acceptors (Lipinski definition) is 3. The molecule has 18 heavy (non-hydrogen) atoms. The maximum Gasteiger partial charge on any atom is 0.243 e. The third-order valence-corrected chi connectivity index (χ3v) is 5.01. The minimum Gasteiger partial charge on any atom is -0.312 e. The highest BCUT2D eigenvalue weighted by atomic mass is 35.5. The van der Waals surface area contributed by atoms with Crippen LogP contribution >= 0.6 is 11.6 Å². The van der Waals surface area contributed by atoms with Crippen LogP contribution in [-0.4, -0.2) is 38.4 Å². The van der Waals surface area contributed by atoms with Gasteiger partial charge in [0.15, 0.2) is 0 Å². The quantitative estimate of drug-likeness (QED) is 0.898. The summed E-state index contributed by atoms with van der Waals surface area (Å²) in [4.78, 5) is 0.0306. The SMILES string of the molecule is CC1CN(S(=O)(=O)c2ccc(F)c(Cl)c2)CCN1. The van der Waals surface area contributed by atoms with Gasteiger partial charge in [-0.1, -0.05) is 11.6 Å². The van der Waals surface area contributed by atoms with Gasteiger partial charge in [0, 0.05) is 25.7 Å². The molecule has 100 valence electrons. The van der Waals surface area contributed by atoms with Gasteiger partial charge in [-0.2, -0.15) is 4.31 Å². The molecule has 1 aromatic rings. The van der Waals surface area contributed by atoms with Crippen LogP contribution in [0, 0.1) is 5.82 Å². The van der Waals surface area contributed by atoms with Crippen LogP contribution in [0.25, 0.3) is 0 Å². The molecule has 1 unspecified atom stereocenters. The fourth-order valence-electron chi connectivity index (χ4n) is 1.90. The molecule has 0 aliphatic carbocycles. The van der Waals surface area contributed by atoms with Gasteiger partial charge in [0.25, 0.3) is 0 Å². The summed E-state index contributed by atoms with van der Waals surface area (Å²) in [6, 6.07) is 3.56. The summed E-state index contributed by atoms with van der Waals surface area (Å²) in [7, 11) is -3.59. The van der Waals surface area contributed by atoms with Crippen LogP contribution in [-0.2, 0) is 10.0 Å². The zero-order valence-corrected chi connectivity index (χ0v) is 11.4. The number of nitrogens with zero attached hydrogens (tertiary/aromatic N) is 1. The first-order valence-electron chi connectivity index (χ1n) is 5.60. The Bertz CT molecular complexity index is 550. The summed E-state index contributed by atoms with van der Waals surface area (Å²) in [5.74, 6) is -0.621. The predicted octanol–water partition coefficient (Wildman–Crippen LogP) is 1.46. The number of piperazine rings is 1. The monoisotopic (exact) mass is 292 g/mol. The average Bonchev–Trinajstić information content (AvgIpc) is 2.32. The lowest BCUT2D eigenvalue weighted by Gasteiger charge is -2.31. The fourth-order valence-corrected chi connectivity index (χ4v) is 3.70. The second-order valence-corrected chi connectivity index (χ2v) is 6.64. The van der Waals surface area contributed by atoms with Crippen molar-refractivity contribution in [2.24, 2.45) is 0 Å². The lowest BCUT2D eigenvalue weighted by Crippen LogP contribution is -2.51. The van der Waals surface area contributed by atoms with Gasteiger partial charge in [-0.15, -0.1) is 0 Å². The maximum absolute atomic E-state index is 13.0. The molecular weight excluding hydrogens is 279 g/mol. The highest BCUT2D eigenvalue weighted by Crippen LogP contribution is 2.22. The minimum atomic E-state index is -3.59. The van der Waals surface area contributed by atoms with Gasteiger partial charge in [-0.3, -0.25) is 0 Å². The topological polar surface area (TPSA) is 49.4 Å². The molecule has 1 N–H and O–H groups in total. The minimum absolute atomic E-state index is 0.0306. The van der Waals surface area contributed by atoms with E-state index in [-0.39, 0.29) is 16.0 Å². The van der Waals surface area contributed by atoms with Crippen molar-refractivity contribution in [1.82, 2.24) is 9.62 Å². The fraction of sp³-hybridized carbons (Fsp3) is 0.455. The number of nitrogens with one attached hydrogen (secondary N) is 1. The molecule has 1 aliphatic heterocycles. The van der Waals surface area contributed by atoms with E-state index in [1.54, 1.807) is 0 Å². The number of halogens is 2. The van der Waals surface area contributed by atoms with Crippen LogP contribution in [0.5, 0.6) is 0 Å². The number of sulfonamides is 1. The number of hydrogen-bond donors (Lipinski definition) is 1. The van der Waals surface area contributed by atoms with E-state index in [1.165, 1.54) is 10.4 Å². The van der Waals surface area contributed by atoms with E-state index in [0.717, 1.165) is 12.1 Å². The summed E-state index contributed by atoms with van der Waals surface area (Å²) < 4.78 is 39.1. The summed E-state index contributed by atoms with van der Waals surface area (Å²) in [6.07, 6.45) is 0. The second-order valence-electron chi connectivity index (χ2n) is 4.29. The van der Waals surface area contributed by atoms with E-state index in [9.17, 15) is 12.8 Å². The van der Waals surface area contributed by atoms with Crippen LogP contribution in [0.4, 0.5) is 4.39 Å². The van der Waals surface area contributed by atoms with Gasteiger partial charge < -0.3 is 5.32 Å². The first-order valence-corrected chi connectivity index (χ1v) is 7.41. The van der Waals surface area contributed by atoms with E-state index in [2.05, 4.69) is 5.32 Å². The van der Waals surface area contributed by atoms with Crippen molar-refractivity contribution in [3.63, 3.8) is 0 Å². The van der Waals surface area contributed by atoms with Gasteiger partial charge in [0.2, 0.25) is 10.0 Å². The Balaban J connectivity index is 2.32. The van der Waals surface area contributed by atoms with Crippen molar-refractivity contribution >= 4 is 21.6 Å². The molecule has 0 aromatic heterocycles. The van der Waals surface area contributed by atoms with Crippen molar-refractivity contribution in [1.29, 1.82) is 0 Å². The third-order valence-electron chi connectivity index (χ3n) is 2.86. The van der Waals surface area contributed by atoms with E-state index in [1.807, 2.05) is 6.92 Å². The van der Waals surface area contributed by atoms with Crippen LogP contribution in [0.3, 0.4) is 0 Å². The molecule has 0 saturated carbocycles. The van der Waals surface area contributed by atoms with Crippen LogP contribution < -0.4 is 5.32 Å². The Hall–Kier alpha value is -0.690. The Labute approximate surface area is 111 Å². The first-order chi connectivity index (χ1) is 8.41. The molecule has 1 aliphatic rings. The van der Waals surface area contributed by atoms with Gasteiger partial charge >= 0.3 is 0 Å². The normalized spacial score (nSPS) is 22.1. The molecule has 1 aromatic carbocycles. The van der Waals surface area contributed by atoms with E-state index >= 15 is 0 Å². The average molecular weight is 293 g/mol. The van der Waals surface area contributed by atoms with Crippen LogP contribution in [0.1, 0.15) is 6.92 Å². The molecule has 7 heteroatoms. The Morgan fingerprint density at radius 1 is 1.50 bits per heavy atom. The zero-order chi connectivity index (χ0) is 13.3. The van der Waals surface area contributed by atoms with Gasteiger partial charge in [0.1, 0.15) is 5.82 Å². The summed E-state index contributed by atoms with van der Waals surface area (Å²) >= 11 is 5.62. The third kappa shape index (κ3) is 2.66. The predicted molar refractivity (Wildman–Crippen MR) is 67.6 cm³/mol. The van der Waals surface area contributed by atoms with Gasteiger partial charge in [-0.05, 0) is 25.1 Å². The molecule has 0 bridgehead atoms. The van der Waals surface area contributed by atoms with Crippen LogP contribution in [0.15, 0.2) is 23.1 Å². The molecule has 0 amide bonds.